The number of nitro benzene ring substituents is 1. The Morgan fingerprint density at radius 2 is 2.16 bits per heavy atom. The predicted molar refractivity (Wildman–Crippen MR) is 95.1 cm³/mol. The molecule has 2 N–H and O–H groups in total. The summed E-state index contributed by atoms with van der Waals surface area (Å²) in [5, 5.41) is 21.2. The molecule has 0 bridgehead atoms. The van der Waals surface area contributed by atoms with Gasteiger partial charge in [-0.15, -0.1) is 0 Å². The van der Waals surface area contributed by atoms with Crippen molar-refractivity contribution in [1.29, 1.82) is 0 Å². The van der Waals surface area contributed by atoms with Crippen molar-refractivity contribution >= 4 is 5.69 Å². The Balaban J connectivity index is 1.78. The van der Waals surface area contributed by atoms with Gasteiger partial charge in [0.05, 0.1) is 23.3 Å². The zero-order chi connectivity index (χ0) is 18.0. The quantitative estimate of drug-likeness (QED) is 0.642. The predicted octanol–water partition coefficient (Wildman–Crippen LogP) is 3.03. The van der Waals surface area contributed by atoms with Crippen LogP contribution in [0.3, 0.4) is 0 Å². The van der Waals surface area contributed by atoms with Crippen LogP contribution in [-0.2, 0) is 6.54 Å². The highest BCUT2D eigenvalue weighted by atomic mass is 16.6. The van der Waals surface area contributed by atoms with Gasteiger partial charge in [0.1, 0.15) is 5.82 Å². The summed E-state index contributed by atoms with van der Waals surface area (Å²) in [4.78, 5) is 20.6. The number of aliphatic hydroxyl groups is 1. The molecule has 0 amide bonds. The second-order valence-corrected chi connectivity index (χ2v) is 6.80. The molecule has 25 heavy (non-hydrogen) atoms. The first-order valence-corrected chi connectivity index (χ1v) is 8.64. The van der Waals surface area contributed by atoms with Crippen LogP contribution >= 0.6 is 0 Å². The van der Waals surface area contributed by atoms with E-state index in [0.29, 0.717) is 6.54 Å². The van der Waals surface area contributed by atoms with E-state index in [1.54, 1.807) is 12.1 Å². The number of nitro groups is 1. The fourth-order valence-electron chi connectivity index (χ4n) is 3.60. The van der Waals surface area contributed by atoms with Crippen molar-refractivity contribution in [3.05, 3.63) is 45.9 Å². The van der Waals surface area contributed by atoms with Gasteiger partial charge in [-0.2, -0.15) is 0 Å². The number of aliphatic hydroxyl groups excluding tert-OH is 1. The molecule has 1 aliphatic carbocycles. The summed E-state index contributed by atoms with van der Waals surface area (Å²) in [5.41, 5.74) is 2.41. The number of rotatable bonds is 5. The highest BCUT2D eigenvalue weighted by Crippen LogP contribution is 2.27. The van der Waals surface area contributed by atoms with Crippen LogP contribution in [0.15, 0.2) is 24.3 Å². The summed E-state index contributed by atoms with van der Waals surface area (Å²) in [6.45, 7) is 2.53. The Labute approximate surface area is 146 Å². The number of H-pyrrole nitrogens is 1. The molecule has 0 radical (unpaired) electrons. The number of nitrogens with one attached hydrogen (secondary N) is 1. The van der Waals surface area contributed by atoms with E-state index in [0.717, 1.165) is 48.5 Å². The summed E-state index contributed by atoms with van der Waals surface area (Å²) in [6, 6.07) is 6.67. The van der Waals surface area contributed by atoms with Crippen molar-refractivity contribution in [1.82, 2.24) is 14.9 Å². The molecule has 1 saturated carbocycles. The molecule has 134 valence electrons. The summed E-state index contributed by atoms with van der Waals surface area (Å²) in [7, 11) is 2.00. The van der Waals surface area contributed by atoms with Crippen molar-refractivity contribution in [2.75, 3.05) is 7.05 Å². The average Bonchev–Trinajstić information content (AvgIpc) is 2.95. The van der Waals surface area contributed by atoms with E-state index >= 15 is 0 Å². The highest BCUT2D eigenvalue weighted by molar-refractivity contribution is 5.64. The van der Waals surface area contributed by atoms with E-state index in [2.05, 4.69) is 14.9 Å². The van der Waals surface area contributed by atoms with Gasteiger partial charge in [-0.3, -0.25) is 15.0 Å². The monoisotopic (exact) mass is 344 g/mol. The SMILES string of the molecule is Cc1[nH]c(CN(C)[C@H]2CCCC[C@@H]2O)nc1-c1cccc([N+](=O)[O-])c1. The van der Waals surface area contributed by atoms with Gasteiger partial charge in [0.2, 0.25) is 0 Å². The number of aryl methyl sites for hydroxylation is 1. The molecule has 1 fully saturated rings. The Hall–Kier alpha value is -2.25. The van der Waals surface area contributed by atoms with Crippen LogP contribution in [0.25, 0.3) is 11.3 Å². The zero-order valence-corrected chi connectivity index (χ0v) is 14.6. The molecule has 1 aliphatic rings. The third kappa shape index (κ3) is 3.88. The molecular formula is C18H24N4O3. The number of hydrogen-bond acceptors (Lipinski definition) is 5. The molecule has 1 aromatic carbocycles. The number of non-ortho nitro benzene ring substituents is 1. The minimum Gasteiger partial charge on any atom is -0.391 e. The maximum absolute atomic E-state index is 11.0. The molecule has 0 unspecified atom stereocenters. The van der Waals surface area contributed by atoms with E-state index in [4.69, 9.17) is 0 Å². The smallest absolute Gasteiger partial charge is 0.270 e. The third-order valence-corrected chi connectivity index (χ3v) is 4.92. The standard InChI is InChI=1S/C18H24N4O3/c1-12-18(13-6-5-7-14(10-13)22(24)25)20-17(19-12)11-21(2)15-8-3-4-9-16(15)23/h5-7,10,15-16,23H,3-4,8-9,11H2,1-2H3,(H,19,20)/t15-,16-/m0/s1. The lowest BCUT2D eigenvalue weighted by molar-refractivity contribution is -0.384. The van der Waals surface area contributed by atoms with Crippen LogP contribution in [0.4, 0.5) is 5.69 Å². The van der Waals surface area contributed by atoms with Gasteiger partial charge in [-0.05, 0) is 26.8 Å². The molecule has 1 heterocycles. The first kappa shape index (κ1) is 17.6. The second-order valence-electron chi connectivity index (χ2n) is 6.80. The van der Waals surface area contributed by atoms with Crippen molar-refractivity contribution in [2.45, 2.75) is 51.3 Å². The van der Waals surface area contributed by atoms with E-state index in [1.165, 1.54) is 6.07 Å². The molecule has 0 saturated heterocycles. The molecule has 7 heteroatoms. The van der Waals surface area contributed by atoms with Crippen LogP contribution in [0.2, 0.25) is 0 Å². The molecular weight excluding hydrogens is 320 g/mol. The maximum atomic E-state index is 11.0. The molecule has 2 aromatic rings. The van der Waals surface area contributed by atoms with Gasteiger partial charge >= 0.3 is 0 Å². The van der Waals surface area contributed by atoms with E-state index < -0.39 is 4.92 Å². The van der Waals surface area contributed by atoms with Gasteiger partial charge in [-0.25, -0.2) is 4.98 Å². The Bertz CT molecular complexity index is 759. The van der Waals surface area contributed by atoms with Crippen molar-refractivity contribution in [3.8, 4) is 11.3 Å². The first-order valence-electron chi connectivity index (χ1n) is 8.64. The average molecular weight is 344 g/mol. The third-order valence-electron chi connectivity index (χ3n) is 4.92. The van der Waals surface area contributed by atoms with Crippen molar-refractivity contribution in [2.24, 2.45) is 0 Å². The Morgan fingerprint density at radius 3 is 2.88 bits per heavy atom. The number of nitrogens with zero attached hydrogens (tertiary/aromatic N) is 3. The van der Waals surface area contributed by atoms with Gasteiger partial charge in [-0.1, -0.05) is 25.0 Å². The topological polar surface area (TPSA) is 95.3 Å². The van der Waals surface area contributed by atoms with Gasteiger partial charge in [0.15, 0.2) is 0 Å². The van der Waals surface area contributed by atoms with Crippen LogP contribution in [0.1, 0.15) is 37.2 Å². The lowest BCUT2D eigenvalue weighted by atomic mass is 9.91. The fourth-order valence-corrected chi connectivity index (χ4v) is 3.60. The lowest BCUT2D eigenvalue weighted by Crippen LogP contribution is -2.43. The Morgan fingerprint density at radius 1 is 1.40 bits per heavy atom. The normalized spacial score (nSPS) is 20.8. The molecule has 7 nitrogen and oxygen atoms in total. The summed E-state index contributed by atoms with van der Waals surface area (Å²) < 4.78 is 0. The van der Waals surface area contributed by atoms with Gasteiger partial charge in [0.25, 0.3) is 5.69 Å². The number of aromatic amines is 1. The number of aromatic nitrogens is 2. The minimum atomic E-state index is -0.398. The molecule has 1 aromatic heterocycles. The van der Waals surface area contributed by atoms with Crippen LogP contribution in [0, 0.1) is 17.0 Å². The summed E-state index contributed by atoms with van der Waals surface area (Å²) in [5.74, 6) is 0.805. The van der Waals surface area contributed by atoms with E-state index in [9.17, 15) is 15.2 Å². The van der Waals surface area contributed by atoms with Crippen molar-refractivity contribution in [3.63, 3.8) is 0 Å². The van der Waals surface area contributed by atoms with E-state index in [1.807, 2.05) is 20.0 Å². The number of benzene rings is 1. The Kier molecular flexibility index (Phi) is 5.15. The van der Waals surface area contributed by atoms with Crippen molar-refractivity contribution < 1.29 is 10.0 Å². The highest BCUT2D eigenvalue weighted by Gasteiger charge is 2.27. The first-order chi connectivity index (χ1) is 12.0. The summed E-state index contributed by atoms with van der Waals surface area (Å²) >= 11 is 0. The fraction of sp³-hybridized carbons (Fsp3) is 0.500. The van der Waals surface area contributed by atoms with E-state index in [-0.39, 0.29) is 17.8 Å². The zero-order valence-electron chi connectivity index (χ0n) is 14.6. The molecule has 0 spiro atoms. The second kappa shape index (κ2) is 7.33. The minimum absolute atomic E-state index is 0.0592. The largest absolute Gasteiger partial charge is 0.391 e. The molecule has 0 aliphatic heterocycles. The molecule has 2 atom stereocenters. The molecule has 3 rings (SSSR count). The summed E-state index contributed by atoms with van der Waals surface area (Å²) in [6.07, 6.45) is 3.79. The maximum Gasteiger partial charge on any atom is 0.270 e. The van der Waals surface area contributed by atoms with Crippen LogP contribution < -0.4 is 0 Å². The number of likely N-dealkylation sites (N-methyl/N-ethyl adjacent to an activating group) is 1. The lowest BCUT2D eigenvalue weighted by Gasteiger charge is -2.34. The number of hydrogen-bond donors (Lipinski definition) is 2. The van der Waals surface area contributed by atoms with Crippen LogP contribution in [0.5, 0.6) is 0 Å². The van der Waals surface area contributed by atoms with Crippen LogP contribution in [-0.4, -0.2) is 44.1 Å². The number of imidazole rings is 1. The van der Waals surface area contributed by atoms with Gasteiger partial charge < -0.3 is 10.1 Å². The van der Waals surface area contributed by atoms with Gasteiger partial charge in [0, 0.05) is 29.4 Å².